The topological polar surface area (TPSA) is 66.4 Å². The summed E-state index contributed by atoms with van der Waals surface area (Å²) in [5.74, 6) is -5.37. The number of halogens is 4. The van der Waals surface area contributed by atoms with Gasteiger partial charge in [-0.1, -0.05) is 17.7 Å². The number of benzene rings is 2. The van der Waals surface area contributed by atoms with Gasteiger partial charge >= 0.3 is 5.97 Å². The fraction of sp³-hybridized carbons (Fsp3) is 0.125. The van der Waals surface area contributed by atoms with Crippen molar-refractivity contribution in [2.75, 3.05) is 0 Å². The first-order chi connectivity index (χ1) is 11.2. The summed E-state index contributed by atoms with van der Waals surface area (Å²) in [5.41, 5.74) is -0.827. The van der Waals surface area contributed by atoms with Crippen LogP contribution in [-0.2, 0) is 6.54 Å². The number of carbonyl (C=O) groups excluding carboxylic acids is 1. The van der Waals surface area contributed by atoms with Crippen molar-refractivity contribution in [3.05, 3.63) is 69.0 Å². The summed E-state index contributed by atoms with van der Waals surface area (Å²) >= 11 is 5.75. The Bertz CT molecular complexity index is 840. The van der Waals surface area contributed by atoms with E-state index in [0.29, 0.717) is 0 Å². The van der Waals surface area contributed by atoms with Gasteiger partial charge < -0.3 is 10.4 Å². The van der Waals surface area contributed by atoms with Gasteiger partial charge in [0, 0.05) is 12.1 Å². The minimum atomic E-state index is -1.40. The average molecular weight is 358 g/mol. The molecule has 1 amide bonds. The molecular weight excluding hydrogens is 347 g/mol. The van der Waals surface area contributed by atoms with E-state index in [1.54, 1.807) is 0 Å². The Balaban J connectivity index is 2.26. The lowest BCUT2D eigenvalue weighted by molar-refractivity contribution is 0.0697. The largest absolute Gasteiger partial charge is 0.478 e. The Morgan fingerprint density at radius 3 is 2.38 bits per heavy atom. The third kappa shape index (κ3) is 3.51. The van der Waals surface area contributed by atoms with E-state index in [-0.39, 0.29) is 22.7 Å². The number of hydrogen-bond acceptors (Lipinski definition) is 2. The molecule has 2 aromatic rings. The molecule has 2 aromatic carbocycles. The van der Waals surface area contributed by atoms with Crippen LogP contribution in [0.2, 0.25) is 5.02 Å². The lowest BCUT2D eigenvalue weighted by Crippen LogP contribution is -2.25. The van der Waals surface area contributed by atoms with Crippen molar-refractivity contribution in [1.29, 1.82) is 0 Å². The first-order valence-corrected chi connectivity index (χ1v) is 7.04. The van der Waals surface area contributed by atoms with E-state index in [2.05, 4.69) is 5.32 Å². The van der Waals surface area contributed by atoms with Crippen LogP contribution in [0.3, 0.4) is 0 Å². The van der Waals surface area contributed by atoms with Crippen molar-refractivity contribution in [1.82, 2.24) is 5.32 Å². The van der Waals surface area contributed by atoms with Crippen molar-refractivity contribution in [2.24, 2.45) is 0 Å². The fourth-order valence-corrected chi connectivity index (χ4v) is 2.24. The molecule has 0 saturated carbocycles. The first-order valence-electron chi connectivity index (χ1n) is 6.66. The van der Waals surface area contributed by atoms with Crippen LogP contribution in [0.4, 0.5) is 13.2 Å². The summed E-state index contributed by atoms with van der Waals surface area (Å²) in [6, 6.07) is 3.87. The molecule has 0 radical (unpaired) electrons. The van der Waals surface area contributed by atoms with Gasteiger partial charge in [0.2, 0.25) is 0 Å². The van der Waals surface area contributed by atoms with Gasteiger partial charge in [0.05, 0.1) is 16.1 Å². The zero-order valence-corrected chi connectivity index (χ0v) is 13.0. The van der Waals surface area contributed by atoms with Crippen LogP contribution in [-0.4, -0.2) is 17.0 Å². The van der Waals surface area contributed by atoms with Gasteiger partial charge in [-0.15, -0.1) is 0 Å². The summed E-state index contributed by atoms with van der Waals surface area (Å²) in [5, 5.41) is 11.1. The molecule has 0 atom stereocenters. The van der Waals surface area contributed by atoms with Gasteiger partial charge in [0.1, 0.15) is 5.82 Å². The molecule has 0 heterocycles. The third-order valence-corrected chi connectivity index (χ3v) is 3.82. The van der Waals surface area contributed by atoms with E-state index in [4.69, 9.17) is 16.7 Å². The van der Waals surface area contributed by atoms with Gasteiger partial charge in [0.15, 0.2) is 11.6 Å². The van der Waals surface area contributed by atoms with Crippen molar-refractivity contribution in [3.63, 3.8) is 0 Å². The highest BCUT2D eigenvalue weighted by molar-refractivity contribution is 6.34. The number of carbonyl (C=O) groups is 2. The number of amides is 1. The van der Waals surface area contributed by atoms with Crippen molar-refractivity contribution < 1.29 is 27.9 Å². The SMILES string of the molecule is Cc1c(F)c(C(=O)NCc2ccc(F)c(F)c2)cc(C(=O)O)c1Cl. The Morgan fingerprint density at radius 2 is 1.79 bits per heavy atom. The molecule has 0 aliphatic heterocycles. The second kappa shape index (κ2) is 6.92. The Kier molecular flexibility index (Phi) is 5.14. The lowest BCUT2D eigenvalue weighted by Gasteiger charge is -2.11. The minimum Gasteiger partial charge on any atom is -0.478 e. The standard InChI is InChI=1S/C16H11ClF3NO3/c1-7-13(17)9(16(23)24)5-10(14(7)20)15(22)21-6-8-2-3-11(18)12(19)4-8/h2-5H,6H2,1H3,(H,21,22)(H,23,24). The molecular formula is C16H11ClF3NO3. The Hall–Kier alpha value is -2.54. The molecule has 0 spiro atoms. The molecule has 0 fully saturated rings. The second-order valence-electron chi connectivity index (χ2n) is 4.96. The Labute approximate surface area is 139 Å². The summed E-state index contributed by atoms with van der Waals surface area (Å²) in [6.07, 6.45) is 0. The molecule has 2 rings (SSSR count). The smallest absolute Gasteiger partial charge is 0.337 e. The summed E-state index contributed by atoms with van der Waals surface area (Å²) in [4.78, 5) is 23.2. The quantitative estimate of drug-likeness (QED) is 0.877. The molecule has 0 saturated heterocycles. The molecule has 0 aliphatic rings. The predicted molar refractivity (Wildman–Crippen MR) is 80.6 cm³/mol. The highest BCUT2D eigenvalue weighted by Gasteiger charge is 2.22. The zero-order chi connectivity index (χ0) is 18.0. The van der Waals surface area contributed by atoms with Gasteiger partial charge in [0.25, 0.3) is 5.91 Å². The van der Waals surface area contributed by atoms with E-state index in [9.17, 15) is 22.8 Å². The van der Waals surface area contributed by atoms with Gasteiger partial charge in [-0.25, -0.2) is 18.0 Å². The van der Waals surface area contributed by atoms with Crippen LogP contribution in [0.15, 0.2) is 24.3 Å². The van der Waals surface area contributed by atoms with Crippen LogP contribution < -0.4 is 5.32 Å². The number of carboxylic acid groups (broad SMARTS) is 1. The minimum absolute atomic E-state index is 0.172. The van der Waals surface area contributed by atoms with Crippen LogP contribution >= 0.6 is 11.6 Å². The summed E-state index contributed by atoms with van der Waals surface area (Å²) in [6.45, 7) is 1.05. The molecule has 0 unspecified atom stereocenters. The summed E-state index contributed by atoms with van der Waals surface area (Å²) < 4.78 is 40.1. The highest BCUT2D eigenvalue weighted by Crippen LogP contribution is 2.26. The molecule has 8 heteroatoms. The number of rotatable bonds is 4. The van der Waals surface area contributed by atoms with E-state index < -0.39 is 40.5 Å². The van der Waals surface area contributed by atoms with E-state index >= 15 is 0 Å². The van der Waals surface area contributed by atoms with E-state index in [0.717, 1.165) is 18.2 Å². The van der Waals surface area contributed by atoms with Crippen molar-refractivity contribution in [2.45, 2.75) is 13.5 Å². The van der Waals surface area contributed by atoms with Crippen LogP contribution in [0, 0.1) is 24.4 Å². The maximum absolute atomic E-state index is 14.2. The van der Waals surface area contributed by atoms with Crippen LogP contribution in [0.25, 0.3) is 0 Å². The number of nitrogens with one attached hydrogen (secondary N) is 1. The third-order valence-electron chi connectivity index (χ3n) is 3.33. The zero-order valence-electron chi connectivity index (χ0n) is 12.3. The van der Waals surface area contributed by atoms with Crippen LogP contribution in [0.5, 0.6) is 0 Å². The van der Waals surface area contributed by atoms with Gasteiger partial charge in [-0.3, -0.25) is 4.79 Å². The molecule has 24 heavy (non-hydrogen) atoms. The number of carboxylic acids is 1. The molecule has 2 N–H and O–H groups in total. The molecule has 4 nitrogen and oxygen atoms in total. The predicted octanol–water partition coefficient (Wildman–Crippen LogP) is 3.69. The Morgan fingerprint density at radius 1 is 1.12 bits per heavy atom. The van der Waals surface area contributed by atoms with Crippen molar-refractivity contribution >= 4 is 23.5 Å². The van der Waals surface area contributed by atoms with Crippen LogP contribution in [0.1, 0.15) is 31.8 Å². The summed E-state index contributed by atoms with van der Waals surface area (Å²) in [7, 11) is 0. The second-order valence-corrected chi connectivity index (χ2v) is 5.34. The van der Waals surface area contributed by atoms with Gasteiger partial charge in [-0.05, 0) is 30.7 Å². The molecule has 126 valence electrons. The average Bonchev–Trinajstić information content (AvgIpc) is 2.53. The first kappa shape index (κ1) is 17.8. The fourth-order valence-electron chi connectivity index (χ4n) is 2.02. The van der Waals surface area contributed by atoms with E-state index in [1.807, 2.05) is 0 Å². The normalized spacial score (nSPS) is 10.5. The molecule has 0 aromatic heterocycles. The van der Waals surface area contributed by atoms with Crippen molar-refractivity contribution in [3.8, 4) is 0 Å². The maximum Gasteiger partial charge on any atom is 0.337 e. The number of hydrogen-bond donors (Lipinski definition) is 2. The van der Waals surface area contributed by atoms with Gasteiger partial charge in [-0.2, -0.15) is 0 Å². The monoisotopic (exact) mass is 357 g/mol. The molecule has 0 bridgehead atoms. The van der Waals surface area contributed by atoms with E-state index in [1.165, 1.54) is 13.0 Å². The number of aromatic carboxylic acids is 1. The molecule has 0 aliphatic carbocycles. The lowest BCUT2D eigenvalue weighted by atomic mass is 10.0. The maximum atomic E-state index is 14.2. The highest BCUT2D eigenvalue weighted by atomic mass is 35.5.